The number of nitro benzene ring substituents is 1. The summed E-state index contributed by atoms with van der Waals surface area (Å²) in [4.78, 5) is 36.0. The topological polar surface area (TPSA) is 89.8 Å². The number of non-ortho nitro benzene ring substituents is 1. The van der Waals surface area contributed by atoms with Gasteiger partial charge in [0.1, 0.15) is 6.54 Å². The van der Waals surface area contributed by atoms with Crippen LogP contribution in [0.5, 0.6) is 0 Å². The maximum absolute atomic E-state index is 12.8. The molecule has 0 heterocycles. The summed E-state index contributed by atoms with van der Waals surface area (Å²) < 4.78 is 4.91. The van der Waals surface area contributed by atoms with Gasteiger partial charge in [0.25, 0.3) is 11.6 Å². The second-order valence-corrected chi connectivity index (χ2v) is 5.41. The molecule has 25 heavy (non-hydrogen) atoms. The van der Waals surface area contributed by atoms with E-state index in [1.807, 2.05) is 0 Å². The third-order valence-corrected chi connectivity index (χ3v) is 3.55. The summed E-state index contributed by atoms with van der Waals surface area (Å²) in [5.74, 6) is -1.04. The molecule has 2 aromatic rings. The van der Waals surface area contributed by atoms with Crippen LogP contribution >= 0.6 is 11.6 Å². The number of hydrogen-bond acceptors (Lipinski definition) is 5. The largest absolute Gasteiger partial charge is 0.465 e. The van der Waals surface area contributed by atoms with E-state index in [0.29, 0.717) is 10.7 Å². The molecule has 0 saturated heterocycles. The minimum Gasteiger partial charge on any atom is -0.465 e. The van der Waals surface area contributed by atoms with Gasteiger partial charge in [-0.3, -0.25) is 24.6 Å². The zero-order valence-electron chi connectivity index (χ0n) is 13.3. The number of ether oxygens (including phenoxy) is 1. The van der Waals surface area contributed by atoms with Crippen molar-refractivity contribution in [1.82, 2.24) is 0 Å². The highest BCUT2D eigenvalue weighted by Gasteiger charge is 2.22. The van der Waals surface area contributed by atoms with Crippen molar-refractivity contribution in [2.45, 2.75) is 6.92 Å². The zero-order valence-corrected chi connectivity index (χ0v) is 14.1. The summed E-state index contributed by atoms with van der Waals surface area (Å²) in [5, 5.41) is 11.2. The lowest BCUT2D eigenvalue weighted by atomic mass is 10.1. The number of carbonyl (C=O) groups excluding carboxylic acids is 2. The molecule has 0 N–H and O–H groups in total. The van der Waals surface area contributed by atoms with Gasteiger partial charge in [0.2, 0.25) is 0 Å². The minimum atomic E-state index is -0.562. The first kappa shape index (κ1) is 18.4. The molecule has 0 fully saturated rings. The third kappa shape index (κ3) is 4.77. The molecule has 2 aromatic carbocycles. The molecule has 7 nitrogen and oxygen atoms in total. The van der Waals surface area contributed by atoms with Crippen molar-refractivity contribution in [2.24, 2.45) is 0 Å². The molecule has 2 rings (SSSR count). The number of carbonyl (C=O) groups is 2. The van der Waals surface area contributed by atoms with Crippen LogP contribution in [-0.4, -0.2) is 30.0 Å². The van der Waals surface area contributed by atoms with Gasteiger partial charge < -0.3 is 4.74 Å². The molecule has 1 amide bonds. The number of nitrogens with zero attached hydrogens (tertiary/aromatic N) is 2. The van der Waals surface area contributed by atoms with Gasteiger partial charge in [0, 0.05) is 28.4 Å². The van der Waals surface area contributed by atoms with Crippen LogP contribution < -0.4 is 4.90 Å². The number of rotatable bonds is 6. The fourth-order valence-corrected chi connectivity index (χ4v) is 2.24. The normalized spacial score (nSPS) is 10.2. The Morgan fingerprint density at radius 2 is 1.72 bits per heavy atom. The monoisotopic (exact) mass is 362 g/mol. The molecule has 0 radical (unpaired) electrons. The number of nitro groups is 1. The van der Waals surface area contributed by atoms with Crippen molar-refractivity contribution in [3.63, 3.8) is 0 Å². The molecule has 0 saturated carbocycles. The molecule has 0 atom stereocenters. The van der Waals surface area contributed by atoms with Gasteiger partial charge in [-0.25, -0.2) is 0 Å². The van der Waals surface area contributed by atoms with E-state index in [4.69, 9.17) is 16.3 Å². The van der Waals surface area contributed by atoms with Crippen LogP contribution in [0.15, 0.2) is 48.5 Å². The predicted molar refractivity (Wildman–Crippen MR) is 92.9 cm³/mol. The van der Waals surface area contributed by atoms with E-state index < -0.39 is 16.8 Å². The van der Waals surface area contributed by atoms with Crippen molar-refractivity contribution in [1.29, 1.82) is 0 Å². The fourth-order valence-electron chi connectivity index (χ4n) is 2.12. The lowest BCUT2D eigenvalue weighted by Gasteiger charge is -2.22. The summed E-state index contributed by atoms with van der Waals surface area (Å²) >= 11 is 5.86. The molecule has 0 aromatic heterocycles. The molecule has 0 unspecified atom stereocenters. The molecule has 8 heteroatoms. The summed E-state index contributed by atoms with van der Waals surface area (Å²) in [6, 6.07) is 11.5. The van der Waals surface area contributed by atoms with Crippen LogP contribution in [0.4, 0.5) is 11.4 Å². The first-order valence-electron chi connectivity index (χ1n) is 7.40. The molecular formula is C17H15ClN2O5. The van der Waals surface area contributed by atoms with Crippen molar-refractivity contribution < 1.29 is 19.2 Å². The van der Waals surface area contributed by atoms with Gasteiger partial charge in [-0.15, -0.1) is 0 Å². The summed E-state index contributed by atoms with van der Waals surface area (Å²) in [7, 11) is 0. The van der Waals surface area contributed by atoms with Gasteiger partial charge >= 0.3 is 5.97 Å². The highest BCUT2D eigenvalue weighted by Crippen LogP contribution is 2.21. The Bertz CT molecular complexity index is 775. The quantitative estimate of drug-likeness (QED) is 0.446. The highest BCUT2D eigenvalue weighted by molar-refractivity contribution is 6.30. The molecule has 0 aliphatic carbocycles. The Hall–Kier alpha value is -2.93. The molecule has 0 bridgehead atoms. The number of anilines is 1. The van der Waals surface area contributed by atoms with E-state index in [0.717, 1.165) is 0 Å². The average molecular weight is 363 g/mol. The number of amides is 1. The van der Waals surface area contributed by atoms with E-state index in [1.54, 1.807) is 31.2 Å². The van der Waals surface area contributed by atoms with Crippen molar-refractivity contribution in [3.05, 3.63) is 69.2 Å². The number of halogens is 1. The number of esters is 1. The predicted octanol–water partition coefficient (Wildman–Crippen LogP) is 3.46. The van der Waals surface area contributed by atoms with E-state index in [2.05, 4.69) is 0 Å². The second-order valence-electron chi connectivity index (χ2n) is 4.98. The summed E-state index contributed by atoms with van der Waals surface area (Å²) in [5.41, 5.74) is 0.547. The Morgan fingerprint density at radius 1 is 1.12 bits per heavy atom. The van der Waals surface area contributed by atoms with Crippen LogP contribution in [0.25, 0.3) is 0 Å². The summed E-state index contributed by atoms with van der Waals surface area (Å²) in [6.07, 6.45) is 0. The van der Waals surface area contributed by atoms with Gasteiger partial charge in [-0.2, -0.15) is 0 Å². The molecule has 0 aliphatic heterocycles. The molecule has 130 valence electrons. The van der Waals surface area contributed by atoms with Crippen molar-refractivity contribution in [3.8, 4) is 0 Å². The Balaban J connectivity index is 2.32. The van der Waals surface area contributed by atoms with E-state index in [-0.39, 0.29) is 24.4 Å². The van der Waals surface area contributed by atoms with Crippen LogP contribution in [0, 0.1) is 10.1 Å². The maximum Gasteiger partial charge on any atom is 0.326 e. The standard InChI is InChI=1S/C17H15ClN2O5/c1-2-25-16(21)11-19(14-9-5-13(18)6-10-14)17(22)12-3-7-15(8-4-12)20(23)24/h3-10H,2,11H2,1H3. The molecule has 0 spiro atoms. The Morgan fingerprint density at radius 3 is 2.24 bits per heavy atom. The van der Waals surface area contributed by atoms with Gasteiger partial charge in [-0.1, -0.05) is 11.6 Å². The van der Waals surface area contributed by atoms with Crippen LogP contribution in [0.3, 0.4) is 0 Å². The second kappa shape index (κ2) is 8.25. The first-order chi connectivity index (χ1) is 11.9. The number of hydrogen-bond donors (Lipinski definition) is 0. The lowest BCUT2D eigenvalue weighted by Crippen LogP contribution is -2.36. The Kier molecular flexibility index (Phi) is 6.08. The van der Waals surface area contributed by atoms with Crippen LogP contribution in [-0.2, 0) is 9.53 Å². The highest BCUT2D eigenvalue weighted by atomic mass is 35.5. The third-order valence-electron chi connectivity index (χ3n) is 3.30. The fraction of sp³-hybridized carbons (Fsp3) is 0.176. The van der Waals surface area contributed by atoms with E-state index in [1.165, 1.54) is 29.2 Å². The minimum absolute atomic E-state index is 0.125. The molecule has 0 aliphatic rings. The Labute approximate surface area is 148 Å². The maximum atomic E-state index is 12.8. The SMILES string of the molecule is CCOC(=O)CN(C(=O)c1ccc([N+](=O)[O-])cc1)c1ccc(Cl)cc1. The van der Waals surface area contributed by atoms with E-state index in [9.17, 15) is 19.7 Å². The van der Waals surface area contributed by atoms with Gasteiger partial charge in [0.05, 0.1) is 11.5 Å². The zero-order chi connectivity index (χ0) is 18.4. The van der Waals surface area contributed by atoms with Crippen molar-refractivity contribution >= 4 is 34.9 Å². The van der Waals surface area contributed by atoms with Crippen LogP contribution in [0.1, 0.15) is 17.3 Å². The first-order valence-corrected chi connectivity index (χ1v) is 7.77. The molecular weight excluding hydrogens is 348 g/mol. The van der Waals surface area contributed by atoms with Crippen molar-refractivity contribution in [2.75, 3.05) is 18.1 Å². The number of benzene rings is 2. The smallest absolute Gasteiger partial charge is 0.326 e. The van der Waals surface area contributed by atoms with Gasteiger partial charge in [-0.05, 0) is 43.3 Å². The lowest BCUT2D eigenvalue weighted by molar-refractivity contribution is -0.384. The van der Waals surface area contributed by atoms with E-state index >= 15 is 0 Å². The van der Waals surface area contributed by atoms with Crippen LogP contribution in [0.2, 0.25) is 5.02 Å². The van der Waals surface area contributed by atoms with Gasteiger partial charge in [0.15, 0.2) is 0 Å². The average Bonchev–Trinajstić information content (AvgIpc) is 2.60. The summed E-state index contributed by atoms with van der Waals surface area (Å²) in [6.45, 7) is 1.58.